The highest BCUT2D eigenvalue weighted by Crippen LogP contribution is 2.15. The van der Waals surface area contributed by atoms with E-state index in [0.29, 0.717) is 19.8 Å². The molecule has 0 radical (unpaired) electrons. The number of benzene rings is 1. The summed E-state index contributed by atoms with van der Waals surface area (Å²) in [5, 5.41) is 0.954. The molecular weight excluding hydrogens is 268 g/mol. The van der Waals surface area contributed by atoms with Crippen LogP contribution in [0.3, 0.4) is 0 Å². The summed E-state index contributed by atoms with van der Waals surface area (Å²) in [5.41, 5.74) is 2.02. The fraction of sp³-hybridized carbons (Fsp3) is 0.375. The normalized spacial score (nSPS) is 11.3. The van der Waals surface area contributed by atoms with Gasteiger partial charge in [-0.2, -0.15) is 0 Å². The van der Waals surface area contributed by atoms with E-state index in [1.165, 1.54) is 0 Å². The number of hydrogen-bond donors (Lipinski definition) is 0. The SMILES string of the molecule is C=Cc1cc(C=C)cc([Si](OCC)(OCC)OCC)c1. The monoisotopic (exact) mass is 292 g/mol. The van der Waals surface area contributed by atoms with E-state index in [2.05, 4.69) is 13.2 Å². The van der Waals surface area contributed by atoms with Crippen LogP contribution in [0.25, 0.3) is 12.2 Å². The largest absolute Gasteiger partial charge is 0.537 e. The van der Waals surface area contributed by atoms with Crippen LogP contribution in [0.15, 0.2) is 31.4 Å². The van der Waals surface area contributed by atoms with E-state index in [4.69, 9.17) is 13.3 Å². The van der Waals surface area contributed by atoms with Crippen molar-refractivity contribution in [2.75, 3.05) is 19.8 Å². The molecule has 0 fully saturated rings. The molecule has 0 bridgehead atoms. The maximum Gasteiger partial charge on any atom is 0.537 e. The van der Waals surface area contributed by atoms with E-state index in [0.717, 1.165) is 16.3 Å². The fourth-order valence-corrected chi connectivity index (χ4v) is 4.61. The summed E-state index contributed by atoms with van der Waals surface area (Å²) >= 11 is 0. The molecule has 0 N–H and O–H groups in total. The molecule has 1 aromatic rings. The van der Waals surface area contributed by atoms with Crippen LogP contribution in [0.2, 0.25) is 0 Å². The predicted molar refractivity (Wildman–Crippen MR) is 86.9 cm³/mol. The molecule has 110 valence electrons. The molecule has 3 nitrogen and oxygen atoms in total. The van der Waals surface area contributed by atoms with Crippen LogP contribution in [0.4, 0.5) is 0 Å². The van der Waals surface area contributed by atoms with Gasteiger partial charge in [0.15, 0.2) is 0 Å². The van der Waals surface area contributed by atoms with Gasteiger partial charge in [-0.15, -0.1) is 0 Å². The molecule has 0 saturated heterocycles. The minimum Gasteiger partial charge on any atom is -0.370 e. The topological polar surface area (TPSA) is 27.7 Å². The Labute approximate surface area is 123 Å². The molecular formula is C16H24O3Si. The molecule has 1 aromatic carbocycles. The first-order chi connectivity index (χ1) is 9.65. The molecule has 0 amide bonds. The van der Waals surface area contributed by atoms with Gasteiger partial charge in [0.05, 0.1) is 0 Å². The predicted octanol–water partition coefficient (Wildman–Crippen LogP) is 3.23. The Morgan fingerprint density at radius 1 is 0.850 bits per heavy atom. The highest BCUT2D eigenvalue weighted by Gasteiger charge is 2.43. The van der Waals surface area contributed by atoms with E-state index in [9.17, 15) is 0 Å². The Morgan fingerprint density at radius 3 is 1.55 bits per heavy atom. The third kappa shape index (κ3) is 3.90. The molecule has 0 aliphatic carbocycles. The van der Waals surface area contributed by atoms with E-state index in [1.807, 2.05) is 39.0 Å². The van der Waals surface area contributed by atoms with Crippen molar-refractivity contribution in [3.05, 3.63) is 42.5 Å². The molecule has 0 aromatic heterocycles. The van der Waals surface area contributed by atoms with Crippen molar-refractivity contribution in [1.82, 2.24) is 0 Å². The Hall–Kier alpha value is -1.20. The van der Waals surface area contributed by atoms with Crippen molar-refractivity contribution in [1.29, 1.82) is 0 Å². The van der Waals surface area contributed by atoms with Crippen LogP contribution >= 0.6 is 0 Å². The standard InChI is InChI=1S/C16H24O3Si/c1-6-14-11-15(7-2)13-16(12-14)20(17-8-3,18-9-4)19-10-5/h6-7,11-13H,1-2,8-10H2,3-5H3. The first-order valence-corrected chi connectivity index (χ1v) is 8.70. The lowest BCUT2D eigenvalue weighted by Crippen LogP contribution is -2.57. The van der Waals surface area contributed by atoms with Gasteiger partial charge >= 0.3 is 8.80 Å². The van der Waals surface area contributed by atoms with Gasteiger partial charge in [0, 0.05) is 25.0 Å². The maximum absolute atomic E-state index is 5.92. The van der Waals surface area contributed by atoms with Crippen LogP contribution in [0, 0.1) is 0 Å². The summed E-state index contributed by atoms with van der Waals surface area (Å²) in [5.74, 6) is 0. The third-order valence-corrected chi connectivity index (χ3v) is 5.81. The van der Waals surface area contributed by atoms with Gasteiger partial charge in [0.2, 0.25) is 0 Å². The second-order valence-corrected chi connectivity index (χ2v) is 6.71. The molecule has 0 aliphatic rings. The summed E-state index contributed by atoms with van der Waals surface area (Å²) in [7, 11) is -2.86. The lowest BCUT2D eigenvalue weighted by atomic mass is 10.1. The average molecular weight is 292 g/mol. The Balaban J connectivity index is 3.36. The van der Waals surface area contributed by atoms with Gasteiger partial charge < -0.3 is 13.3 Å². The molecule has 0 spiro atoms. The van der Waals surface area contributed by atoms with E-state index in [-0.39, 0.29) is 0 Å². The van der Waals surface area contributed by atoms with Crippen molar-refractivity contribution in [3.8, 4) is 0 Å². The van der Waals surface area contributed by atoms with Crippen LogP contribution < -0.4 is 5.19 Å². The fourth-order valence-electron chi connectivity index (χ4n) is 2.03. The zero-order valence-electron chi connectivity index (χ0n) is 12.6. The molecule has 20 heavy (non-hydrogen) atoms. The molecule has 4 heteroatoms. The lowest BCUT2D eigenvalue weighted by molar-refractivity contribution is 0.0859. The van der Waals surface area contributed by atoms with Gasteiger partial charge in [-0.1, -0.05) is 25.3 Å². The van der Waals surface area contributed by atoms with E-state index in [1.54, 1.807) is 12.2 Å². The van der Waals surface area contributed by atoms with Gasteiger partial charge in [0.25, 0.3) is 0 Å². The first-order valence-electron chi connectivity index (χ1n) is 6.98. The van der Waals surface area contributed by atoms with Crippen LogP contribution in [-0.2, 0) is 13.3 Å². The van der Waals surface area contributed by atoms with Crippen molar-refractivity contribution < 1.29 is 13.3 Å². The first kappa shape index (κ1) is 16.9. The Bertz CT molecular complexity index is 414. The summed E-state index contributed by atoms with van der Waals surface area (Å²) in [6.07, 6.45) is 3.61. The summed E-state index contributed by atoms with van der Waals surface area (Å²) in [6.45, 7) is 15.2. The quantitative estimate of drug-likeness (QED) is 0.654. The average Bonchev–Trinajstić information content (AvgIpc) is 2.47. The van der Waals surface area contributed by atoms with Gasteiger partial charge in [-0.25, -0.2) is 0 Å². The zero-order valence-corrected chi connectivity index (χ0v) is 13.6. The second kappa shape index (κ2) is 8.17. The van der Waals surface area contributed by atoms with Gasteiger partial charge in [0.1, 0.15) is 0 Å². The number of hydrogen-bond acceptors (Lipinski definition) is 3. The summed E-state index contributed by atoms with van der Waals surface area (Å²) < 4.78 is 17.8. The maximum atomic E-state index is 5.92. The van der Waals surface area contributed by atoms with E-state index >= 15 is 0 Å². The molecule has 1 rings (SSSR count). The molecule has 0 aliphatic heterocycles. The van der Waals surface area contributed by atoms with Gasteiger partial charge in [-0.05, 0) is 50.1 Å². The van der Waals surface area contributed by atoms with Crippen LogP contribution in [0.1, 0.15) is 31.9 Å². The molecule has 0 unspecified atom stereocenters. The Kier molecular flexibility index (Phi) is 6.88. The van der Waals surface area contributed by atoms with Crippen molar-refractivity contribution in [2.45, 2.75) is 20.8 Å². The third-order valence-electron chi connectivity index (χ3n) is 2.81. The minimum atomic E-state index is -2.86. The molecule has 0 saturated carbocycles. The van der Waals surface area contributed by atoms with E-state index < -0.39 is 8.80 Å². The number of rotatable bonds is 9. The summed E-state index contributed by atoms with van der Waals surface area (Å²) in [6, 6.07) is 6.06. The smallest absolute Gasteiger partial charge is 0.370 e. The van der Waals surface area contributed by atoms with Crippen molar-refractivity contribution in [3.63, 3.8) is 0 Å². The highest BCUT2D eigenvalue weighted by molar-refractivity contribution is 6.75. The molecule has 0 heterocycles. The van der Waals surface area contributed by atoms with Crippen LogP contribution in [0.5, 0.6) is 0 Å². The molecule has 0 atom stereocenters. The Morgan fingerprint density at radius 2 is 1.25 bits per heavy atom. The lowest BCUT2D eigenvalue weighted by Gasteiger charge is -2.29. The minimum absolute atomic E-state index is 0.550. The van der Waals surface area contributed by atoms with Crippen molar-refractivity contribution in [2.24, 2.45) is 0 Å². The van der Waals surface area contributed by atoms with Crippen LogP contribution in [-0.4, -0.2) is 28.6 Å². The zero-order chi connectivity index (χ0) is 15.0. The second-order valence-electron chi connectivity index (χ2n) is 4.15. The van der Waals surface area contributed by atoms with Crippen molar-refractivity contribution >= 4 is 26.1 Å². The van der Waals surface area contributed by atoms with Gasteiger partial charge in [-0.3, -0.25) is 0 Å². The highest BCUT2D eigenvalue weighted by atomic mass is 28.4. The summed E-state index contributed by atoms with van der Waals surface area (Å²) in [4.78, 5) is 0.